The summed E-state index contributed by atoms with van der Waals surface area (Å²) in [6.45, 7) is 8.84. The molecule has 8 heteroatoms. The molecule has 76 heavy (non-hydrogen) atoms. The van der Waals surface area contributed by atoms with Crippen LogP contribution in [0.25, 0.3) is 0 Å². The van der Waals surface area contributed by atoms with Crippen molar-refractivity contribution < 1.29 is 33.3 Å². The van der Waals surface area contributed by atoms with Crippen LogP contribution in [-0.2, 0) is 14.3 Å². The highest BCUT2D eigenvalue weighted by Gasteiger charge is 2.22. The number of rotatable bonds is 61. The number of carbonyl (C=O) groups excluding carboxylic acids is 3. The van der Waals surface area contributed by atoms with Crippen LogP contribution in [0.3, 0.4) is 0 Å². The van der Waals surface area contributed by atoms with Crippen LogP contribution in [0.15, 0.2) is 12.1 Å². The Morgan fingerprint density at radius 2 is 0.645 bits per heavy atom. The first kappa shape index (κ1) is 71.2. The van der Waals surface area contributed by atoms with Gasteiger partial charge in [0.2, 0.25) is 5.75 Å². The van der Waals surface area contributed by atoms with Crippen LogP contribution in [0.1, 0.15) is 352 Å². The SMILES string of the molecule is CCCCCCCCCCCCCCCCCCOc1cc(C(=O)N(C)CCOC(=O)CCC=O)cc(OCCCCCCCCCCCCCCCCCC)c1OCCCCCCCCCCCCCCCCCC. The summed E-state index contributed by atoms with van der Waals surface area (Å²) in [5, 5.41) is 0. The predicted octanol–water partition coefficient (Wildman–Crippen LogP) is 21.2. The predicted molar refractivity (Wildman–Crippen MR) is 325 cm³/mol. The van der Waals surface area contributed by atoms with Gasteiger partial charge in [-0.2, -0.15) is 0 Å². The van der Waals surface area contributed by atoms with Gasteiger partial charge in [0.05, 0.1) is 32.8 Å². The second-order valence-electron chi connectivity index (χ2n) is 22.9. The molecule has 0 saturated carbocycles. The lowest BCUT2D eigenvalue weighted by atomic mass is 10.0. The molecule has 1 rings (SSSR count). The number of ether oxygens (including phenoxy) is 4. The van der Waals surface area contributed by atoms with Crippen molar-refractivity contribution in [2.45, 2.75) is 342 Å². The zero-order valence-electron chi connectivity index (χ0n) is 50.9. The molecule has 0 fully saturated rings. The maximum absolute atomic E-state index is 14.0. The van der Waals surface area contributed by atoms with Crippen LogP contribution >= 0.6 is 0 Å². The number of carbonyl (C=O) groups is 3. The van der Waals surface area contributed by atoms with Crippen molar-refractivity contribution in [3.63, 3.8) is 0 Å². The van der Waals surface area contributed by atoms with Crippen molar-refractivity contribution in [3.05, 3.63) is 17.7 Å². The van der Waals surface area contributed by atoms with E-state index in [0.717, 1.165) is 38.5 Å². The standard InChI is InChI=1S/C68H125NO7/c1-5-8-11-14-17-20-23-26-29-32-35-38-41-44-47-50-57-73-64-61-63(68(72)69(4)55-60-75-66(71)54-53-56-70)62-65(74-58-51-48-45-42-39-36-33-30-27-24-21-18-15-12-9-6-2)67(64)76-59-52-49-46-43-40-37-34-31-28-25-22-19-16-13-10-7-3/h56,61-62H,5-55,57-60H2,1-4H3. The van der Waals surface area contributed by atoms with Crippen LogP contribution in [0.2, 0.25) is 0 Å². The number of amides is 1. The summed E-state index contributed by atoms with van der Waals surface area (Å²) >= 11 is 0. The minimum absolute atomic E-state index is 0.0439. The average Bonchev–Trinajstić information content (AvgIpc) is 3.42. The second-order valence-corrected chi connectivity index (χ2v) is 22.9. The molecule has 444 valence electrons. The summed E-state index contributed by atoms with van der Waals surface area (Å²) in [5.41, 5.74) is 0.466. The number of nitrogens with zero attached hydrogens (tertiary/aromatic N) is 1. The molecule has 0 spiro atoms. The van der Waals surface area contributed by atoms with E-state index in [4.69, 9.17) is 18.9 Å². The number of hydrogen-bond acceptors (Lipinski definition) is 7. The fraction of sp³-hybridized carbons (Fsp3) is 0.868. The summed E-state index contributed by atoms with van der Waals surface area (Å²) in [6.07, 6.45) is 64.3. The lowest BCUT2D eigenvalue weighted by molar-refractivity contribution is -0.144. The molecule has 1 aromatic rings. The molecule has 0 unspecified atom stereocenters. The van der Waals surface area contributed by atoms with E-state index in [9.17, 15) is 14.4 Å². The highest BCUT2D eigenvalue weighted by atomic mass is 16.5. The van der Waals surface area contributed by atoms with Crippen LogP contribution in [0.5, 0.6) is 17.2 Å². The Morgan fingerprint density at radius 1 is 0.382 bits per heavy atom. The van der Waals surface area contributed by atoms with Gasteiger partial charge in [-0.15, -0.1) is 0 Å². The van der Waals surface area contributed by atoms with Crippen molar-refractivity contribution >= 4 is 18.2 Å². The average molecular weight is 1070 g/mol. The molecule has 0 N–H and O–H groups in total. The van der Waals surface area contributed by atoms with Crippen molar-refractivity contribution in [2.75, 3.05) is 40.0 Å². The third kappa shape index (κ3) is 45.1. The van der Waals surface area contributed by atoms with E-state index in [1.54, 1.807) is 11.9 Å². The molecule has 0 aromatic heterocycles. The highest BCUT2D eigenvalue weighted by Crippen LogP contribution is 2.40. The topological polar surface area (TPSA) is 91.4 Å². The quantitative estimate of drug-likeness (QED) is 0.0365. The zero-order valence-corrected chi connectivity index (χ0v) is 50.9. The Kier molecular flexibility index (Phi) is 53.4. The monoisotopic (exact) mass is 1070 g/mol. The molecule has 0 radical (unpaired) electrons. The first-order valence-electron chi connectivity index (χ1n) is 33.4. The van der Waals surface area contributed by atoms with E-state index < -0.39 is 5.97 Å². The molecular weight excluding hydrogens is 943 g/mol. The van der Waals surface area contributed by atoms with Crippen LogP contribution in [0.4, 0.5) is 0 Å². The first-order chi connectivity index (χ1) is 37.5. The molecule has 0 bridgehead atoms. The van der Waals surface area contributed by atoms with Crippen molar-refractivity contribution in [1.29, 1.82) is 0 Å². The van der Waals surface area contributed by atoms with Gasteiger partial charge in [-0.3, -0.25) is 9.59 Å². The Bertz CT molecular complexity index is 1360. The van der Waals surface area contributed by atoms with Gasteiger partial charge >= 0.3 is 5.97 Å². The molecule has 1 amide bonds. The number of aldehydes is 1. The van der Waals surface area contributed by atoms with E-state index in [1.807, 2.05) is 12.1 Å². The highest BCUT2D eigenvalue weighted by molar-refractivity contribution is 5.95. The third-order valence-electron chi connectivity index (χ3n) is 15.5. The lowest BCUT2D eigenvalue weighted by Gasteiger charge is -2.21. The van der Waals surface area contributed by atoms with E-state index in [2.05, 4.69) is 20.8 Å². The van der Waals surface area contributed by atoms with Crippen LogP contribution < -0.4 is 14.2 Å². The van der Waals surface area contributed by atoms with Gasteiger partial charge in [-0.1, -0.05) is 310 Å². The lowest BCUT2D eigenvalue weighted by Crippen LogP contribution is -2.31. The third-order valence-corrected chi connectivity index (χ3v) is 15.5. The maximum atomic E-state index is 14.0. The van der Waals surface area contributed by atoms with E-state index in [0.29, 0.717) is 48.9 Å². The van der Waals surface area contributed by atoms with Crippen LogP contribution in [-0.4, -0.2) is 63.1 Å². The smallest absolute Gasteiger partial charge is 0.306 e. The summed E-state index contributed by atoms with van der Waals surface area (Å²) in [7, 11) is 1.72. The summed E-state index contributed by atoms with van der Waals surface area (Å²) in [6, 6.07) is 3.65. The number of benzene rings is 1. The summed E-state index contributed by atoms with van der Waals surface area (Å²) < 4.78 is 25.1. The fourth-order valence-electron chi connectivity index (χ4n) is 10.4. The summed E-state index contributed by atoms with van der Waals surface area (Å²) in [4.78, 5) is 38.4. The Labute approximate surface area is 471 Å². The van der Waals surface area contributed by atoms with Gasteiger partial charge in [0.1, 0.15) is 12.9 Å². The molecule has 0 heterocycles. The largest absolute Gasteiger partial charge is 0.490 e. The van der Waals surface area contributed by atoms with Gasteiger partial charge in [-0.05, 0) is 31.4 Å². The fourth-order valence-corrected chi connectivity index (χ4v) is 10.4. The minimum atomic E-state index is -0.437. The number of hydrogen-bond donors (Lipinski definition) is 0. The molecule has 0 saturated heterocycles. The first-order valence-corrected chi connectivity index (χ1v) is 33.4. The normalized spacial score (nSPS) is 11.3. The molecule has 0 aliphatic heterocycles. The van der Waals surface area contributed by atoms with Crippen molar-refractivity contribution in [1.82, 2.24) is 4.90 Å². The van der Waals surface area contributed by atoms with Crippen molar-refractivity contribution in [3.8, 4) is 17.2 Å². The van der Waals surface area contributed by atoms with E-state index in [1.165, 1.54) is 270 Å². The number of unbranched alkanes of at least 4 members (excludes halogenated alkanes) is 45. The Morgan fingerprint density at radius 3 is 0.921 bits per heavy atom. The molecule has 0 aliphatic rings. The van der Waals surface area contributed by atoms with Gasteiger partial charge in [-0.25, -0.2) is 0 Å². The molecular formula is C68H125NO7. The molecule has 0 atom stereocenters. The second kappa shape index (κ2) is 56.9. The van der Waals surface area contributed by atoms with Crippen molar-refractivity contribution in [2.24, 2.45) is 0 Å². The zero-order chi connectivity index (χ0) is 54.9. The van der Waals surface area contributed by atoms with E-state index >= 15 is 0 Å². The molecule has 8 nitrogen and oxygen atoms in total. The Balaban J connectivity index is 2.82. The summed E-state index contributed by atoms with van der Waals surface area (Å²) in [5.74, 6) is 1.11. The molecule has 0 aliphatic carbocycles. The van der Waals surface area contributed by atoms with Gasteiger partial charge < -0.3 is 28.6 Å². The van der Waals surface area contributed by atoms with Crippen LogP contribution in [0, 0.1) is 0 Å². The number of likely N-dealkylation sites (N-methyl/N-ethyl adjacent to an activating group) is 1. The number of esters is 1. The van der Waals surface area contributed by atoms with Gasteiger partial charge in [0.25, 0.3) is 5.91 Å². The minimum Gasteiger partial charge on any atom is -0.490 e. The van der Waals surface area contributed by atoms with Gasteiger partial charge in [0.15, 0.2) is 11.5 Å². The van der Waals surface area contributed by atoms with E-state index in [-0.39, 0.29) is 31.9 Å². The van der Waals surface area contributed by atoms with Gasteiger partial charge in [0, 0.05) is 19.0 Å². The Hall–Kier alpha value is -2.77. The maximum Gasteiger partial charge on any atom is 0.306 e. The molecule has 1 aromatic carbocycles.